The van der Waals surface area contributed by atoms with Crippen molar-refractivity contribution >= 4 is 23.5 Å². The number of benzene rings is 4. The summed E-state index contributed by atoms with van der Waals surface area (Å²) >= 11 is 3.87. The second kappa shape index (κ2) is 8.75. The maximum absolute atomic E-state index is 2.34. The predicted molar refractivity (Wildman–Crippen MR) is 130 cm³/mol. The molecule has 0 bridgehead atoms. The average molecular weight is 425 g/mol. The van der Waals surface area contributed by atoms with Gasteiger partial charge in [0.2, 0.25) is 0 Å². The zero-order valence-corrected chi connectivity index (χ0v) is 18.5. The van der Waals surface area contributed by atoms with E-state index in [0.29, 0.717) is 0 Å². The topological polar surface area (TPSA) is 0 Å². The van der Waals surface area contributed by atoms with Gasteiger partial charge in [-0.25, -0.2) is 0 Å². The van der Waals surface area contributed by atoms with E-state index in [4.69, 9.17) is 0 Å². The Labute approximate surface area is 187 Å². The van der Waals surface area contributed by atoms with Gasteiger partial charge in [-0.2, -0.15) is 0 Å². The lowest BCUT2D eigenvalue weighted by Gasteiger charge is -2.41. The van der Waals surface area contributed by atoms with E-state index in [0.717, 1.165) is 18.6 Å². The minimum atomic E-state index is -0.100. The molecule has 0 spiro atoms. The van der Waals surface area contributed by atoms with Gasteiger partial charge in [0.15, 0.2) is 0 Å². The molecule has 2 heteroatoms. The minimum Gasteiger partial charge on any atom is -0.126 e. The van der Waals surface area contributed by atoms with Gasteiger partial charge in [-0.1, -0.05) is 96.7 Å². The molecule has 0 fully saturated rings. The molecular formula is C28H24S2. The van der Waals surface area contributed by atoms with Crippen molar-refractivity contribution in [3.05, 3.63) is 126 Å². The Balaban J connectivity index is 1.56. The van der Waals surface area contributed by atoms with Crippen LogP contribution in [0.4, 0.5) is 0 Å². The smallest absolute Gasteiger partial charge is 0.0474 e. The van der Waals surface area contributed by atoms with Gasteiger partial charge in [0.05, 0.1) is 0 Å². The van der Waals surface area contributed by atoms with Crippen molar-refractivity contribution in [1.29, 1.82) is 0 Å². The number of thioether (sulfide) groups is 1. The second-order valence-electron chi connectivity index (χ2n) is 7.63. The first kappa shape index (κ1) is 19.5. The van der Waals surface area contributed by atoms with Crippen LogP contribution in [-0.2, 0) is 5.41 Å². The van der Waals surface area contributed by atoms with Crippen LogP contribution in [0.15, 0.2) is 124 Å². The molecule has 1 heterocycles. The maximum atomic E-state index is 2.34. The van der Waals surface area contributed by atoms with Crippen LogP contribution in [0.1, 0.15) is 29.5 Å². The van der Waals surface area contributed by atoms with Crippen LogP contribution in [0.25, 0.3) is 0 Å². The number of fused-ring (bicyclic) bond motifs is 2. The van der Waals surface area contributed by atoms with Gasteiger partial charge < -0.3 is 0 Å². The molecule has 0 radical (unpaired) electrons. The minimum absolute atomic E-state index is 0.100. The Bertz CT molecular complexity index is 1070. The quantitative estimate of drug-likeness (QED) is 0.227. The summed E-state index contributed by atoms with van der Waals surface area (Å²) in [4.78, 5) is 4.12. The fraction of sp³-hybridized carbons (Fsp3) is 0.143. The molecule has 0 amide bonds. The van der Waals surface area contributed by atoms with Crippen LogP contribution in [0.5, 0.6) is 0 Å². The molecule has 5 rings (SSSR count). The van der Waals surface area contributed by atoms with Crippen LogP contribution >= 0.6 is 23.5 Å². The molecule has 0 atom stereocenters. The highest BCUT2D eigenvalue weighted by Crippen LogP contribution is 2.54. The van der Waals surface area contributed by atoms with Gasteiger partial charge in [-0.3, -0.25) is 0 Å². The zero-order chi connectivity index (χ0) is 20.2. The Morgan fingerprint density at radius 3 is 1.77 bits per heavy atom. The lowest BCUT2D eigenvalue weighted by Crippen LogP contribution is -2.32. The zero-order valence-electron chi connectivity index (χ0n) is 16.8. The lowest BCUT2D eigenvalue weighted by molar-refractivity contribution is 0.531. The fourth-order valence-electron chi connectivity index (χ4n) is 4.57. The Morgan fingerprint density at radius 1 is 0.600 bits per heavy atom. The first-order valence-corrected chi connectivity index (χ1v) is 12.3. The standard InChI is InChI=1S/C28H24S2/c1-3-12-22(13-4-1)28(20-11-21-29-23-14-5-2-6-15-23)24-16-7-9-18-26(24)30-27-19-10-8-17-25(27)28/h1-10,12-19H,11,20-21H2. The van der Waals surface area contributed by atoms with Gasteiger partial charge in [-0.15, -0.1) is 11.8 Å². The predicted octanol–water partition coefficient (Wildman–Crippen LogP) is 8.06. The normalized spacial score (nSPS) is 14.0. The Morgan fingerprint density at radius 2 is 1.13 bits per heavy atom. The summed E-state index contributed by atoms with van der Waals surface area (Å²) in [5.41, 5.74) is 4.20. The van der Waals surface area contributed by atoms with Gasteiger partial charge in [-0.05, 0) is 59.6 Å². The van der Waals surface area contributed by atoms with E-state index in [1.54, 1.807) is 0 Å². The van der Waals surface area contributed by atoms with E-state index in [1.165, 1.54) is 31.4 Å². The monoisotopic (exact) mass is 424 g/mol. The van der Waals surface area contributed by atoms with Gasteiger partial charge in [0, 0.05) is 20.1 Å². The van der Waals surface area contributed by atoms with Gasteiger partial charge in [0.1, 0.15) is 0 Å². The number of rotatable bonds is 6. The van der Waals surface area contributed by atoms with Crippen molar-refractivity contribution in [3.8, 4) is 0 Å². The van der Waals surface area contributed by atoms with Crippen molar-refractivity contribution in [2.45, 2.75) is 32.9 Å². The Kier molecular flexibility index (Phi) is 5.70. The van der Waals surface area contributed by atoms with E-state index in [9.17, 15) is 0 Å². The molecule has 30 heavy (non-hydrogen) atoms. The molecule has 0 unspecified atom stereocenters. The summed E-state index contributed by atoms with van der Waals surface area (Å²) in [6.07, 6.45) is 2.26. The third-order valence-corrected chi connectivity index (χ3v) is 8.14. The number of hydrogen-bond acceptors (Lipinski definition) is 2. The molecule has 0 aromatic heterocycles. The fourth-order valence-corrected chi connectivity index (χ4v) is 6.68. The molecule has 148 valence electrons. The summed E-state index contributed by atoms with van der Waals surface area (Å²) in [6.45, 7) is 0. The van der Waals surface area contributed by atoms with Crippen molar-refractivity contribution in [2.75, 3.05) is 5.75 Å². The highest BCUT2D eigenvalue weighted by atomic mass is 32.2. The van der Waals surface area contributed by atoms with Crippen LogP contribution in [0.3, 0.4) is 0 Å². The van der Waals surface area contributed by atoms with Crippen molar-refractivity contribution in [3.63, 3.8) is 0 Å². The third kappa shape index (κ3) is 3.59. The van der Waals surface area contributed by atoms with Crippen LogP contribution in [-0.4, -0.2) is 5.75 Å². The van der Waals surface area contributed by atoms with E-state index in [-0.39, 0.29) is 5.41 Å². The maximum Gasteiger partial charge on any atom is 0.0474 e. The molecule has 0 aliphatic carbocycles. The SMILES string of the molecule is c1ccc(SCCCC2(c3ccccc3)c3ccccc3Sc3ccccc32)cc1. The van der Waals surface area contributed by atoms with Crippen LogP contribution in [0, 0.1) is 0 Å². The van der Waals surface area contributed by atoms with Crippen LogP contribution in [0.2, 0.25) is 0 Å². The molecule has 4 aromatic carbocycles. The first-order valence-electron chi connectivity index (χ1n) is 10.5. The summed E-state index contributed by atoms with van der Waals surface area (Å²) in [5.74, 6) is 1.12. The van der Waals surface area contributed by atoms with Gasteiger partial charge in [0.25, 0.3) is 0 Å². The molecule has 1 aliphatic rings. The largest absolute Gasteiger partial charge is 0.126 e. The first-order chi connectivity index (χ1) is 14.9. The molecular weight excluding hydrogens is 400 g/mol. The highest BCUT2D eigenvalue weighted by molar-refractivity contribution is 7.99. The summed E-state index contributed by atoms with van der Waals surface area (Å²) in [5, 5.41) is 0. The molecule has 0 nitrogen and oxygen atoms in total. The van der Waals surface area contributed by atoms with E-state index in [1.807, 2.05) is 23.5 Å². The van der Waals surface area contributed by atoms with E-state index >= 15 is 0 Å². The summed E-state index contributed by atoms with van der Waals surface area (Å²) in [6, 6.07) is 39.8. The molecule has 0 saturated heterocycles. The van der Waals surface area contributed by atoms with Crippen molar-refractivity contribution < 1.29 is 0 Å². The third-order valence-electron chi connectivity index (χ3n) is 5.89. The Hall–Kier alpha value is -2.42. The molecule has 0 saturated carbocycles. The van der Waals surface area contributed by atoms with E-state index < -0.39 is 0 Å². The summed E-state index contributed by atoms with van der Waals surface area (Å²) < 4.78 is 0. The molecule has 4 aromatic rings. The molecule has 0 N–H and O–H groups in total. The summed E-state index contributed by atoms with van der Waals surface area (Å²) in [7, 11) is 0. The second-order valence-corrected chi connectivity index (χ2v) is 9.88. The van der Waals surface area contributed by atoms with Crippen molar-refractivity contribution in [2.24, 2.45) is 0 Å². The highest BCUT2D eigenvalue weighted by Gasteiger charge is 2.41. The van der Waals surface area contributed by atoms with Crippen LogP contribution < -0.4 is 0 Å². The van der Waals surface area contributed by atoms with Gasteiger partial charge >= 0.3 is 0 Å². The molecule has 1 aliphatic heterocycles. The van der Waals surface area contributed by atoms with Crippen molar-refractivity contribution in [1.82, 2.24) is 0 Å². The number of hydrogen-bond donors (Lipinski definition) is 0. The average Bonchev–Trinajstić information content (AvgIpc) is 2.82. The van der Waals surface area contributed by atoms with E-state index in [2.05, 4.69) is 109 Å². The lowest BCUT2D eigenvalue weighted by atomic mass is 9.66.